The molecule has 0 fully saturated rings. The van der Waals surface area contributed by atoms with E-state index in [0.717, 1.165) is 25.9 Å². The van der Waals surface area contributed by atoms with Gasteiger partial charge in [0, 0.05) is 6.61 Å². The smallest absolute Gasteiger partial charge is 0.0716 e. The molecule has 28 heavy (non-hydrogen) atoms. The number of rotatable bonds is 10. The van der Waals surface area contributed by atoms with Crippen LogP contribution in [0.4, 0.5) is 0 Å². The van der Waals surface area contributed by atoms with E-state index in [0.29, 0.717) is 6.61 Å². The quantitative estimate of drug-likeness (QED) is 0.271. The van der Waals surface area contributed by atoms with Crippen molar-refractivity contribution in [3.8, 4) is 22.3 Å². The summed E-state index contributed by atoms with van der Waals surface area (Å²) in [4.78, 5) is 0. The fourth-order valence-corrected chi connectivity index (χ4v) is 3.17. The zero-order valence-corrected chi connectivity index (χ0v) is 16.4. The zero-order valence-electron chi connectivity index (χ0n) is 16.4. The summed E-state index contributed by atoms with van der Waals surface area (Å²) in [7, 11) is 0. The van der Waals surface area contributed by atoms with Gasteiger partial charge >= 0.3 is 0 Å². The molecule has 0 saturated carbocycles. The molecule has 142 valence electrons. The fourth-order valence-electron chi connectivity index (χ4n) is 3.17. The van der Waals surface area contributed by atoms with Crippen molar-refractivity contribution >= 4 is 0 Å². The first-order valence-electron chi connectivity index (χ1n) is 9.88. The van der Waals surface area contributed by atoms with E-state index >= 15 is 0 Å². The summed E-state index contributed by atoms with van der Waals surface area (Å²) in [5, 5.41) is 0. The van der Waals surface area contributed by atoms with Gasteiger partial charge < -0.3 is 4.74 Å². The van der Waals surface area contributed by atoms with Crippen LogP contribution in [-0.4, -0.2) is 6.61 Å². The van der Waals surface area contributed by atoms with Gasteiger partial charge in [-0.25, -0.2) is 0 Å². The van der Waals surface area contributed by atoms with Crippen molar-refractivity contribution in [1.82, 2.24) is 0 Å². The van der Waals surface area contributed by atoms with Gasteiger partial charge in [-0.1, -0.05) is 84.9 Å². The standard InChI is InChI=1S/C27H28O/c1-3-5-6-20-28-21-23-10-14-25(15-11-23)27-18-16-26(17-19-27)24-12-8-22(7-4-2)9-13-24/h3-4,8-19H,1-2,5-7,20-21H2. The number of benzene rings is 3. The van der Waals surface area contributed by atoms with E-state index in [1.54, 1.807) is 0 Å². The van der Waals surface area contributed by atoms with Gasteiger partial charge in [-0.15, -0.1) is 13.2 Å². The van der Waals surface area contributed by atoms with Crippen molar-refractivity contribution in [2.45, 2.75) is 25.9 Å². The van der Waals surface area contributed by atoms with Gasteiger partial charge in [-0.2, -0.15) is 0 Å². The molecule has 0 N–H and O–H groups in total. The SMILES string of the molecule is C=CCCCOCc1ccc(-c2ccc(-c3ccc(CC=C)cc3)cc2)cc1. The number of unbranched alkanes of at least 4 members (excludes halogenated alkanes) is 1. The summed E-state index contributed by atoms with van der Waals surface area (Å²) in [6, 6.07) is 26.1. The monoisotopic (exact) mass is 368 g/mol. The molecule has 3 rings (SSSR count). The Morgan fingerprint density at radius 2 is 1.07 bits per heavy atom. The first-order chi connectivity index (χ1) is 13.8. The Bertz CT molecular complexity index is 871. The molecular weight excluding hydrogens is 340 g/mol. The highest BCUT2D eigenvalue weighted by Crippen LogP contribution is 2.25. The summed E-state index contributed by atoms with van der Waals surface area (Å²) in [5.74, 6) is 0. The Kier molecular flexibility index (Phi) is 7.40. The van der Waals surface area contributed by atoms with Crippen LogP contribution in [0.25, 0.3) is 22.3 Å². The minimum absolute atomic E-state index is 0.665. The average Bonchev–Trinajstić information content (AvgIpc) is 2.75. The molecule has 1 nitrogen and oxygen atoms in total. The van der Waals surface area contributed by atoms with Crippen LogP contribution in [0.3, 0.4) is 0 Å². The predicted octanol–water partition coefficient (Wildman–Crippen LogP) is 7.23. The lowest BCUT2D eigenvalue weighted by Gasteiger charge is -2.08. The summed E-state index contributed by atoms with van der Waals surface area (Å²) < 4.78 is 5.70. The van der Waals surface area contributed by atoms with E-state index in [4.69, 9.17) is 4.74 Å². The van der Waals surface area contributed by atoms with Crippen LogP contribution in [0.2, 0.25) is 0 Å². The van der Waals surface area contributed by atoms with Crippen LogP contribution in [0.5, 0.6) is 0 Å². The summed E-state index contributed by atoms with van der Waals surface area (Å²) in [5.41, 5.74) is 7.43. The van der Waals surface area contributed by atoms with Gasteiger partial charge in [-0.05, 0) is 52.6 Å². The number of hydrogen-bond donors (Lipinski definition) is 0. The minimum Gasteiger partial charge on any atom is -0.377 e. The molecule has 0 amide bonds. The lowest BCUT2D eigenvalue weighted by atomic mass is 9.99. The second-order valence-corrected chi connectivity index (χ2v) is 6.95. The largest absolute Gasteiger partial charge is 0.377 e. The Labute approximate surface area is 169 Å². The Balaban J connectivity index is 1.61. The molecule has 0 bridgehead atoms. The zero-order chi connectivity index (χ0) is 19.6. The lowest BCUT2D eigenvalue weighted by molar-refractivity contribution is 0.119. The highest BCUT2D eigenvalue weighted by molar-refractivity contribution is 5.70. The maximum absolute atomic E-state index is 5.70. The van der Waals surface area contributed by atoms with Gasteiger partial charge in [0.25, 0.3) is 0 Å². The Morgan fingerprint density at radius 3 is 1.54 bits per heavy atom. The van der Waals surface area contributed by atoms with Gasteiger partial charge in [0.15, 0.2) is 0 Å². The maximum Gasteiger partial charge on any atom is 0.0716 e. The molecule has 0 aromatic heterocycles. The van der Waals surface area contributed by atoms with E-state index < -0.39 is 0 Å². The minimum atomic E-state index is 0.665. The van der Waals surface area contributed by atoms with Crippen molar-refractivity contribution in [3.05, 3.63) is 109 Å². The maximum atomic E-state index is 5.70. The van der Waals surface area contributed by atoms with Crippen molar-refractivity contribution in [1.29, 1.82) is 0 Å². The van der Waals surface area contributed by atoms with E-state index in [-0.39, 0.29) is 0 Å². The van der Waals surface area contributed by atoms with Gasteiger partial charge in [0.1, 0.15) is 0 Å². The molecule has 0 aliphatic carbocycles. The first kappa shape index (κ1) is 19.9. The number of allylic oxidation sites excluding steroid dienone is 2. The number of hydrogen-bond acceptors (Lipinski definition) is 1. The molecule has 1 heteroatoms. The molecule has 0 spiro atoms. The van der Waals surface area contributed by atoms with E-state index in [2.05, 4.69) is 86.0 Å². The van der Waals surface area contributed by atoms with Crippen molar-refractivity contribution < 1.29 is 4.74 Å². The molecule has 3 aromatic rings. The third-order valence-corrected chi connectivity index (χ3v) is 4.81. The van der Waals surface area contributed by atoms with Crippen molar-refractivity contribution in [3.63, 3.8) is 0 Å². The third kappa shape index (κ3) is 5.55. The molecule has 0 aliphatic heterocycles. The third-order valence-electron chi connectivity index (χ3n) is 4.81. The van der Waals surface area contributed by atoms with Crippen LogP contribution in [0, 0.1) is 0 Å². The van der Waals surface area contributed by atoms with Gasteiger partial charge in [0.2, 0.25) is 0 Å². The highest BCUT2D eigenvalue weighted by Gasteiger charge is 2.02. The van der Waals surface area contributed by atoms with Crippen LogP contribution < -0.4 is 0 Å². The van der Waals surface area contributed by atoms with Crippen LogP contribution in [0.1, 0.15) is 24.0 Å². The lowest BCUT2D eigenvalue weighted by Crippen LogP contribution is -1.95. The van der Waals surface area contributed by atoms with Gasteiger partial charge in [-0.3, -0.25) is 0 Å². The second kappa shape index (κ2) is 10.4. The Hall–Kier alpha value is -2.90. The predicted molar refractivity (Wildman–Crippen MR) is 120 cm³/mol. The summed E-state index contributed by atoms with van der Waals surface area (Å²) in [6.45, 7) is 8.97. The second-order valence-electron chi connectivity index (χ2n) is 6.95. The molecule has 0 heterocycles. The fraction of sp³-hybridized carbons (Fsp3) is 0.185. The molecule has 0 saturated heterocycles. The molecule has 0 unspecified atom stereocenters. The molecular formula is C27H28O. The van der Waals surface area contributed by atoms with Crippen molar-refractivity contribution in [2.75, 3.05) is 6.61 Å². The van der Waals surface area contributed by atoms with E-state index in [1.807, 2.05) is 12.2 Å². The van der Waals surface area contributed by atoms with Crippen LogP contribution >= 0.6 is 0 Å². The number of ether oxygens (including phenoxy) is 1. The topological polar surface area (TPSA) is 9.23 Å². The molecule has 3 aromatic carbocycles. The first-order valence-corrected chi connectivity index (χ1v) is 9.88. The summed E-state index contributed by atoms with van der Waals surface area (Å²) >= 11 is 0. The van der Waals surface area contributed by atoms with Crippen LogP contribution in [0.15, 0.2) is 98.1 Å². The highest BCUT2D eigenvalue weighted by atomic mass is 16.5. The molecule has 0 atom stereocenters. The van der Waals surface area contributed by atoms with Crippen molar-refractivity contribution in [2.24, 2.45) is 0 Å². The average molecular weight is 369 g/mol. The molecule has 0 aliphatic rings. The normalized spacial score (nSPS) is 10.6. The van der Waals surface area contributed by atoms with Crippen LogP contribution in [-0.2, 0) is 17.8 Å². The van der Waals surface area contributed by atoms with E-state index in [9.17, 15) is 0 Å². The molecule has 0 radical (unpaired) electrons. The summed E-state index contributed by atoms with van der Waals surface area (Å²) in [6.07, 6.45) is 6.82. The van der Waals surface area contributed by atoms with E-state index in [1.165, 1.54) is 33.4 Å². The van der Waals surface area contributed by atoms with Gasteiger partial charge in [0.05, 0.1) is 6.61 Å². The Morgan fingerprint density at radius 1 is 0.607 bits per heavy atom.